The largest absolute Gasteiger partial charge is 0.302 e. The lowest BCUT2D eigenvalue weighted by Crippen LogP contribution is -2.28. The number of carbonyl (C=O) groups is 1. The summed E-state index contributed by atoms with van der Waals surface area (Å²) in [5.74, 6) is -0.0568. The van der Waals surface area contributed by atoms with Gasteiger partial charge in [-0.05, 0) is 19.3 Å². The third-order valence-corrected chi connectivity index (χ3v) is 2.09. The molecule has 0 radical (unpaired) electrons. The molecule has 1 fully saturated rings. The van der Waals surface area contributed by atoms with Crippen molar-refractivity contribution in [3.63, 3.8) is 0 Å². The zero-order chi connectivity index (χ0) is 8.27. The Hall–Kier alpha value is -0.260. The van der Waals surface area contributed by atoms with Gasteiger partial charge in [0.05, 0.1) is 0 Å². The van der Waals surface area contributed by atoms with Gasteiger partial charge in [-0.3, -0.25) is 13.5 Å². The molecular weight excluding hydrogens is 168 g/mol. The maximum Gasteiger partial charge on any atom is 0.302 e. The summed E-state index contributed by atoms with van der Waals surface area (Å²) in [6.45, 7) is 0. The van der Waals surface area contributed by atoms with Crippen LogP contribution in [0.25, 0.3) is 0 Å². The van der Waals surface area contributed by atoms with E-state index in [0.29, 0.717) is 12.8 Å². The Morgan fingerprint density at radius 3 is 2.82 bits per heavy atom. The van der Waals surface area contributed by atoms with Gasteiger partial charge >= 0.3 is 11.4 Å². The standard InChI is InChI=1S/C6H10O4S/c7-5-3-1-2-4-6(5)10-11(8)9/h6H,1-4H2,(H,8,9). The molecule has 0 bridgehead atoms. The van der Waals surface area contributed by atoms with Gasteiger partial charge in [0.15, 0.2) is 5.78 Å². The van der Waals surface area contributed by atoms with Crippen LogP contribution >= 0.6 is 0 Å². The number of carbonyl (C=O) groups excluding carboxylic acids is 1. The lowest BCUT2D eigenvalue weighted by Gasteiger charge is -2.17. The molecule has 0 aromatic carbocycles. The van der Waals surface area contributed by atoms with Crippen LogP contribution < -0.4 is 0 Å². The van der Waals surface area contributed by atoms with Crippen molar-refractivity contribution in [2.24, 2.45) is 0 Å². The van der Waals surface area contributed by atoms with E-state index in [-0.39, 0.29) is 5.78 Å². The van der Waals surface area contributed by atoms with Crippen LogP contribution in [0.3, 0.4) is 0 Å². The SMILES string of the molecule is O=C1CCCCC1OS(=O)O. The van der Waals surface area contributed by atoms with E-state index in [2.05, 4.69) is 4.18 Å². The third kappa shape index (κ3) is 2.69. The molecule has 1 N–H and O–H groups in total. The highest BCUT2D eigenvalue weighted by molar-refractivity contribution is 7.74. The topological polar surface area (TPSA) is 63.6 Å². The zero-order valence-corrected chi connectivity index (χ0v) is 6.80. The monoisotopic (exact) mass is 178 g/mol. The van der Waals surface area contributed by atoms with Crippen molar-refractivity contribution in [1.82, 2.24) is 0 Å². The third-order valence-electron chi connectivity index (χ3n) is 1.70. The smallest absolute Gasteiger partial charge is 0.297 e. The van der Waals surface area contributed by atoms with Crippen molar-refractivity contribution in [2.75, 3.05) is 0 Å². The molecule has 2 atom stereocenters. The van der Waals surface area contributed by atoms with E-state index in [4.69, 9.17) is 4.55 Å². The normalized spacial score (nSPS) is 28.5. The summed E-state index contributed by atoms with van der Waals surface area (Å²) in [7, 11) is 0. The fourth-order valence-electron chi connectivity index (χ4n) is 1.15. The summed E-state index contributed by atoms with van der Waals surface area (Å²) in [5.41, 5.74) is 0. The highest BCUT2D eigenvalue weighted by Crippen LogP contribution is 2.17. The summed E-state index contributed by atoms with van der Waals surface area (Å²) in [5, 5.41) is 0. The van der Waals surface area contributed by atoms with Gasteiger partial charge in [-0.2, -0.15) is 4.21 Å². The van der Waals surface area contributed by atoms with Crippen molar-refractivity contribution in [2.45, 2.75) is 31.8 Å². The van der Waals surface area contributed by atoms with Crippen molar-refractivity contribution < 1.29 is 17.7 Å². The van der Waals surface area contributed by atoms with Crippen molar-refractivity contribution in [1.29, 1.82) is 0 Å². The van der Waals surface area contributed by atoms with E-state index < -0.39 is 17.5 Å². The Morgan fingerprint density at radius 2 is 2.27 bits per heavy atom. The van der Waals surface area contributed by atoms with Gasteiger partial charge < -0.3 is 0 Å². The predicted molar refractivity (Wildman–Crippen MR) is 39.1 cm³/mol. The molecule has 0 aromatic rings. The van der Waals surface area contributed by atoms with Crippen LogP contribution in [0.2, 0.25) is 0 Å². The fourth-order valence-corrected chi connectivity index (χ4v) is 1.55. The van der Waals surface area contributed by atoms with E-state index >= 15 is 0 Å². The minimum absolute atomic E-state index is 0.0568. The molecule has 5 heteroatoms. The first-order chi connectivity index (χ1) is 5.20. The van der Waals surface area contributed by atoms with Crippen molar-refractivity contribution in [3.05, 3.63) is 0 Å². The van der Waals surface area contributed by atoms with E-state index in [1.165, 1.54) is 0 Å². The van der Waals surface area contributed by atoms with E-state index in [1.807, 2.05) is 0 Å². The number of ketones is 1. The van der Waals surface area contributed by atoms with Gasteiger partial charge in [0.25, 0.3) is 0 Å². The first-order valence-electron chi connectivity index (χ1n) is 3.51. The van der Waals surface area contributed by atoms with E-state index in [1.54, 1.807) is 0 Å². The first-order valence-corrected chi connectivity index (χ1v) is 4.54. The fraction of sp³-hybridized carbons (Fsp3) is 0.833. The Balaban J connectivity index is 2.42. The lowest BCUT2D eigenvalue weighted by atomic mass is 9.97. The summed E-state index contributed by atoms with van der Waals surface area (Å²) in [6, 6.07) is 0. The van der Waals surface area contributed by atoms with Crippen molar-refractivity contribution in [3.8, 4) is 0 Å². The summed E-state index contributed by atoms with van der Waals surface area (Å²) >= 11 is -2.30. The van der Waals surface area contributed by atoms with Crippen LogP contribution in [0, 0.1) is 0 Å². The van der Waals surface area contributed by atoms with Crippen LogP contribution in [-0.4, -0.2) is 20.6 Å². The van der Waals surface area contributed by atoms with Crippen LogP contribution in [-0.2, 0) is 20.3 Å². The molecule has 64 valence electrons. The number of hydrogen-bond donors (Lipinski definition) is 1. The molecule has 0 amide bonds. The van der Waals surface area contributed by atoms with Gasteiger partial charge in [-0.1, -0.05) is 0 Å². The molecule has 0 saturated heterocycles. The van der Waals surface area contributed by atoms with Gasteiger partial charge in [0.2, 0.25) is 0 Å². The average Bonchev–Trinajstić information content (AvgIpc) is 1.93. The molecule has 0 aromatic heterocycles. The first kappa shape index (κ1) is 8.83. The molecule has 4 nitrogen and oxygen atoms in total. The Kier molecular flexibility index (Phi) is 3.16. The molecule has 1 rings (SSSR count). The summed E-state index contributed by atoms with van der Waals surface area (Å²) in [4.78, 5) is 11.0. The molecule has 11 heavy (non-hydrogen) atoms. The number of Topliss-reactive ketones (excluding diaryl/α,β-unsaturated/α-hetero) is 1. The second kappa shape index (κ2) is 3.94. The van der Waals surface area contributed by atoms with Gasteiger partial charge in [0.1, 0.15) is 6.10 Å². The number of hydrogen-bond acceptors (Lipinski definition) is 3. The zero-order valence-electron chi connectivity index (χ0n) is 5.99. The van der Waals surface area contributed by atoms with Gasteiger partial charge in [0, 0.05) is 6.42 Å². The van der Waals surface area contributed by atoms with Crippen LogP contribution in [0.1, 0.15) is 25.7 Å². The van der Waals surface area contributed by atoms with Gasteiger partial charge in [-0.25, -0.2) is 0 Å². The Morgan fingerprint density at radius 1 is 1.55 bits per heavy atom. The molecular formula is C6H10O4S. The van der Waals surface area contributed by atoms with Crippen LogP contribution in [0.4, 0.5) is 0 Å². The average molecular weight is 178 g/mol. The quantitative estimate of drug-likeness (QED) is 0.630. The molecule has 0 aliphatic heterocycles. The van der Waals surface area contributed by atoms with Crippen LogP contribution in [0.15, 0.2) is 0 Å². The van der Waals surface area contributed by atoms with E-state index in [9.17, 15) is 9.00 Å². The van der Waals surface area contributed by atoms with Crippen molar-refractivity contribution >= 4 is 17.1 Å². The minimum Gasteiger partial charge on any atom is -0.297 e. The predicted octanol–water partition coefficient (Wildman–Crippen LogP) is 0.651. The molecule has 2 unspecified atom stereocenters. The molecule has 0 spiro atoms. The minimum atomic E-state index is -2.30. The Labute approximate surface area is 67.4 Å². The maximum atomic E-state index is 11.0. The summed E-state index contributed by atoms with van der Waals surface area (Å²) < 4.78 is 23.0. The second-order valence-corrected chi connectivity index (χ2v) is 3.14. The lowest BCUT2D eigenvalue weighted by molar-refractivity contribution is -0.127. The van der Waals surface area contributed by atoms with E-state index in [0.717, 1.165) is 12.8 Å². The Bertz CT molecular complexity index is 179. The maximum absolute atomic E-state index is 11.0. The molecule has 0 heterocycles. The highest BCUT2D eigenvalue weighted by atomic mass is 32.2. The summed E-state index contributed by atoms with van der Waals surface area (Å²) in [6.07, 6.45) is 2.17. The molecule has 1 aliphatic carbocycles. The number of rotatable bonds is 2. The second-order valence-electron chi connectivity index (χ2n) is 2.51. The molecule has 1 saturated carbocycles. The molecule has 1 aliphatic rings. The highest BCUT2D eigenvalue weighted by Gasteiger charge is 2.24. The van der Waals surface area contributed by atoms with Crippen LogP contribution in [0.5, 0.6) is 0 Å². The van der Waals surface area contributed by atoms with Gasteiger partial charge in [-0.15, -0.1) is 0 Å².